The molecule has 60 valence electrons. The van der Waals surface area contributed by atoms with Crippen molar-refractivity contribution in [2.45, 2.75) is 45.4 Å². The lowest BCUT2D eigenvalue weighted by molar-refractivity contribution is 0.0614. The summed E-state index contributed by atoms with van der Waals surface area (Å²) in [6, 6.07) is 0.976. The molecule has 1 rings (SSSR count). The Labute approximate surface area is 62.8 Å². The van der Waals surface area contributed by atoms with Gasteiger partial charge in [-0.25, -0.2) is 0 Å². The minimum atomic E-state index is -0.510. The Kier molecular flexibility index (Phi) is 1.77. The zero-order chi connectivity index (χ0) is 7.94. The van der Waals surface area contributed by atoms with Crippen LogP contribution in [0.15, 0.2) is 0 Å². The van der Waals surface area contributed by atoms with Gasteiger partial charge >= 0.3 is 0 Å². The van der Waals surface area contributed by atoms with Gasteiger partial charge in [-0.05, 0) is 27.7 Å². The molecule has 1 fully saturated rings. The Balaban J connectivity index is 2.39. The van der Waals surface area contributed by atoms with Crippen LogP contribution in [0.2, 0.25) is 0 Å². The molecule has 1 aliphatic rings. The summed E-state index contributed by atoms with van der Waals surface area (Å²) in [5.74, 6) is 0. The van der Waals surface area contributed by atoms with Crippen LogP contribution >= 0.6 is 0 Å². The molecule has 0 saturated carbocycles. The molecular formula is C8H17NO. The van der Waals surface area contributed by atoms with E-state index in [9.17, 15) is 5.11 Å². The van der Waals surface area contributed by atoms with Gasteiger partial charge in [0.1, 0.15) is 0 Å². The van der Waals surface area contributed by atoms with Crippen molar-refractivity contribution in [2.24, 2.45) is 0 Å². The normalized spacial score (nSPS) is 33.0. The minimum absolute atomic E-state index is 0.396. The van der Waals surface area contributed by atoms with Crippen LogP contribution in [0.4, 0.5) is 0 Å². The van der Waals surface area contributed by atoms with Crippen LogP contribution in [0, 0.1) is 0 Å². The number of hydrogen-bond donors (Lipinski definition) is 1. The fraction of sp³-hybridized carbons (Fsp3) is 1.00. The van der Waals surface area contributed by atoms with Crippen LogP contribution in [-0.2, 0) is 0 Å². The van der Waals surface area contributed by atoms with Gasteiger partial charge in [0, 0.05) is 12.6 Å². The molecule has 1 saturated heterocycles. The van der Waals surface area contributed by atoms with Crippen LogP contribution in [-0.4, -0.2) is 34.2 Å². The molecule has 0 aromatic carbocycles. The van der Waals surface area contributed by atoms with Gasteiger partial charge in [-0.1, -0.05) is 0 Å². The van der Waals surface area contributed by atoms with Crippen molar-refractivity contribution in [3.8, 4) is 0 Å². The summed E-state index contributed by atoms with van der Waals surface area (Å²) in [6.45, 7) is 9.12. The second-order valence-electron chi connectivity index (χ2n) is 3.96. The van der Waals surface area contributed by atoms with E-state index in [4.69, 9.17) is 0 Å². The Bertz CT molecular complexity index is 126. The van der Waals surface area contributed by atoms with Crippen molar-refractivity contribution in [2.75, 3.05) is 6.54 Å². The van der Waals surface area contributed by atoms with E-state index in [0.717, 1.165) is 6.54 Å². The molecule has 2 atom stereocenters. The van der Waals surface area contributed by atoms with Crippen LogP contribution in [0.5, 0.6) is 0 Å². The lowest BCUT2D eigenvalue weighted by Gasteiger charge is -2.18. The SMILES string of the molecule is CC(C)N1CC1C(C)(C)O. The van der Waals surface area contributed by atoms with Crippen molar-refractivity contribution in [1.82, 2.24) is 4.90 Å². The largest absolute Gasteiger partial charge is 0.389 e. The molecule has 1 heterocycles. The van der Waals surface area contributed by atoms with Gasteiger partial charge < -0.3 is 5.11 Å². The van der Waals surface area contributed by atoms with E-state index in [1.807, 2.05) is 13.8 Å². The van der Waals surface area contributed by atoms with Crippen LogP contribution in [0.3, 0.4) is 0 Å². The van der Waals surface area contributed by atoms with Gasteiger partial charge in [-0.15, -0.1) is 0 Å². The quantitative estimate of drug-likeness (QED) is 0.579. The Morgan fingerprint density at radius 2 is 2.00 bits per heavy atom. The van der Waals surface area contributed by atoms with Gasteiger partial charge in [-0.3, -0.25) is 4.90 Å². The first-order chi connectivity index (χ1) is 4.43. The highest BCUT2D eigenvalue weighted by Crippen LogP contribution is 2.30. The molecular weight excluding hydrogens is 126 g/mol. The number of nitrogens with zero attached hydrogens (tertiary/aromatic N) is 1. The number of aliphatic hydroxyl groups is 1. The average Bonchev–Trinajstić information content (AvgIpc) is 2.35. The smallest absolute Gasteiger partial charge is 0.0758 e. The molecule has 0 radical (unpaired) electrons. The third kappa shape index (κ3) is 1.50. The fourth-order valence-corrected chi connectivity index (χ4v) is 1.35. The predicted octanol–water partition coefficient (Wildman–Crippen LogP) is 0.850. The zero-order valence-electron chi connectivity index (χ0n) is 7.26. The summed E-state index contributed by atoms with van der Waals surface area (Å²) < 4.78 is 0. The van der Waals surface area contributed by atoms with Gasteiger partial charge in [0.15, 0.2) is 0 Å². The molecule has 2 heteroatoms. The first-order valence-electron chi connectivity index (χ1n) is 3.91. The van der Waals surface area contributed by atoms with Crippen molar-refractivity contribution < 1.29 is 5.11 Å². The molecule has 0 aromatic heterocycles. The molecule has 0 spiro atoms. The number of hydrogen-bond acceptors (Lipinski definition) is 2. The van der Waals surface area contributed by atoms with E-state index in [0.29, 0.717) is 12.1 Å². The Hall–Kier alpha value is -0.0800. The van der Waals surface area contributed by atoms with Gasteiger partial charge in [0.25, 0.3) is 0 Å². The summed E-state index contributed by atoms with van der Waals surface area (Å²) >= 11 is 0. The van der Waals surface area contributed by atoms with Gasteiger partial charge in [-0.2, -0.15) is 0 Å². The van der Waals surface area contributed by atoms with Crippen molar-refractivity contribution >= 4 is 0 Å². The second-order valence-corrected chi connectivity index (χ2v) is 3.96. The maximum atomic E-state index is 9.54. The molecule has 10 heavy (non-hydrogen) atoms. The number of rotatable bonds is 2. The summed E-state index contributed by atoms with van der Waals surface area (Å²) in [7, 11) is 0. The molecule has 0 bridgehead atoms. The molecule has 0 amide bonds. The third-order valence-corrected chi connectivity index (χ3v) is 2.13. The minimum Gasteiger partial charge on any atom is -0.389 e. The maximum Gasteiger partial charge on any atom is 0.0758 e. The second kappa shape index (κ2) is 2.21. The molecule has 0 aliphatic carbocycles. The van der Waals surface area contributed by atoms with Crippen molar-refractivity contribution in [3.05, 3.63) is 0 Å². The Morgan fingerprint density at radius 1 is 1.50 bits per heavy atom. The molecule has 2 unspecified atom stereocenters. The summed E-state index contributed by atoms with van der Waals surface area (Å²) in [5, 5.41) is 9.54. The predicted molar refractivity (Wildman–Crippen MR) is 41.9 cm³/mol. The topological polar surface area (TPSA) is 23.2 Å². The maximum absolute atomic E-state index is 9.54. The Morgan fingerprint density at radius 3 is 2.10 bits per heavy atom. The lowest BCUT2D eigenvalue weighted by atomic mass is 10.1. The summed E-state index contributed by atoms with van der Waals surface area (Å²) in [6.07, 6.45) is 0. The van der Waals surface area contributed by atoms with Crippen LogP contribution < -0.4 is 0 Å². The highest BCUT2D eigenvalue weighted by Gasteiger charge is 2.45. The molecule has 0 aromatic rings. The highest BCUT2D eigenvalue weighted by molar-refractivity contribution is 5.01. The average molecular weight is 143 g/mol. The zero-order valence-corrected chi connectivity index (χ0v) is 7.26. The van der Waals surface area contributed by atoms with Crippen molar-refractivity contribution in [1.29, 1.82) is 0 Å². The van der Waals surface area contributed by atoms with Gasteiger partial charge in [0.05, 0.1) is 11.6 Å². The van der Waals surface area contributed by atoms with E-state index in [1.165, 1.54) is 0 Å². The van der Waals surface area contributed by atoms with Crippen molar-refractivity contribution in [3.63, 3.8) is 0 Å². The van der Waals surface area contributed by atoms with Crippen LogP contribution in [0.1, 0.15) is 27.7 Å². The monoisotopic (exact) mass is 143 g/mol. The summed E-state index contributed by atoms with van der Waals surface area (Å²) in [4.78, 5) is 2.29. The first-order valence-corrected chi connectivity index (χ1v) is 3.91. The van der Waals surface area contributed by atoms with E-state index in [-0.39, 0.29) is 0 Å². The molecule has 1 aliphatic heterocycles. The van der Waals surface area contributed by atoms with E-state index < -0.39 is 5.60 Å². The summed E-state index contributed by atoms with van der Waals surface area (Å²) in [5.41, 5.74) is -0.510. The first kappa shape index (κ1) is 8.02. The van der Waals surface area contributed by atoms with E-state index in [2.05, 4.69) is 18.7 Å². The fourth-order valence-electron chi connectivity index (χ4n) is 1.35. The molecule has 1 N–H and O–H groups in total. The lowest BCUT2D eigenvalue weighted by Crippen LogP contribution is -2.31. The van der Waals surface area contributed by atoms with Gasteiger partial charge in [0.2, 0.25) is 0 Å². The van der Waals surface area contributed by atoms with E-state index in [1.54, 1.807) is 0 Å². The third-order valence-electron chi connectivity index (χ3n) is 2.13. The van der Waals surface area contributed by atoms with E-state index >= 15 is 0 Å². The molecule has 2 nitrogen and oxygen atoms in total. The highest BCUT2D eigenvalue weighted by atomic mass is 16.3. The standard InChI is InChI=1S/C8H17NO/c1-6(2)9-5-7(9)8(3,4)10/h6-7,10H,5H2,1-4H3. The van der Waals surface area contributed by atoms with Crippen LogP contribution in [0.25, 0.3) is 0 Å².